The lowest BCUT2D eigenvalue weighted by atomic mass is 9.85. The second kappa shape index (κ2) is 5.21. The summed E-state index contributed by atoms with van der Waals surface area (Å²) in [6.07, 6.45) is 1.56. The number of alkyl halides is 1. The van der Waals surface area contributed by atoms with Gasteiger partial charge in [-0.25, -0.2) is 0 Å². The van der Waals surface area contributed by atoms with Crippen LogP contribution in [0.25, 0.3) is 0 Å². The highest BCUT2D eigenvalue weighted by atomic mass is 79.9. The highest BCUT2D eigenvalue weighted by molar-refractivity contribution is 9.09. The molecule has 0 heterocycles. The molecule has 2 N–H and O–H groups in total. The van der Waals surface area contributed by atoms with Gasteiger partial charge in [0.25, 0.3) is 0 Å². The van der Waals surface area contributed by atoms with Crippen LogP contribution >= 0.6 is 15.9 Å². The Morgan fingerprint density at radius 3 is 2.00 bits per heavy atom. The topological polar surface area (TPSA) is 74.6 Å². The molecule has 0 amide bonds. The lowest BCUT2D eigenvalue weighted by Crippen LogP contribution is -2.36. The van der Waals surface area contributed by atoms with E-state index in [2.05, 4.69) is 15.9 Å². The van der Waals surface area contributed by atoms with E-state index in [-0.39, 0.29) is 6.42 Å². The number of unbranched alkanes of at least 4 members (excludes halogenated alkanes) is 1. The molecule has 0 radical (unpaired) electrons. The maximum absolute atomic E-state index is 10.7. The predicted molar refractivity (Wildman–Crippen MR) is 51.0 cm³/mol. The van der Waals surface area contributed by atoms with Crippen LogP contribution in [0, 0.1) is 5.41 Å². The number of carbonyl (C=O) groups is 2. The number of hydrogen-bond donors (Lipinski definition) is 2. The number of rotatable bonds is 6. The van der Waals surface area contributed by atoms with E-state index < -0.39 is 17.4 Å². The molecule has 0 fully saturated rings. The molecule has 13 heavy (non-hydrogen) atoms. The van der Waals surface area contributed by atoms with Gasteiger partial charge in [-0.15, -0.1) is 0 Å². The molecule has 0 unspecified atom stereocenters. The SMILES string of the molecule is CC(CCCCBr)(C(=O)O)C(=O)O. The quantitative estimate of drug-likeness (QED) is 0.429. The first-order chi connectivity index (χ1) is 5.95. The van der Waals surface area contributed by atoms with Crippen LogP contribution in [0.1, 0.15) is 26.2 Å². The Labute approximate surface area is 85.1 Å². The molecular formula is C8H13BrO4. The van der Waals surface area contributed by atoms with Gasteiger partial charge in [-0.05, 0) is 19.8 Å². The third-order valence-electron chi connectivity index (χ3n) is 2.00. The minimum absolute atomic E-state index is 0.170. The second-order valence-electron chi connectivity index (χ2n) is 3.09. The summed E-state index contributed by atoms with van der Waals surface area (Å²) < 4.78 is 0. The van der Waals surface area contributed by atoms with Crippen LogP contribution in [0.4, 0.5) is 0 Å². The van der Waals surface area contributed by atoms with Gasteiger partial charge in [-0.2, -0.15) is 0 Å². The summed E-state index contributed by atoms with van der Waals surface area (Å²) in [5.74, 6) is -2.54. The molecule has 0 bridgehead atoms. The zero-order valence-electron chi connectivity index (χ0n) is 7.42. The van der Waals surface area contributed by atoms with Crippen molar-refractivity contribution in [2.45, 2.75) is 26.2 Å². The van der Waals surface area contributed by atoms with Gasteiger partial charge in [-0.3, -0.25) is 9.59 Å². The molecule has 0 aliphatic carbocycles. The summed E-state index contributed by atoms with van der Waals surface area (Å²) in [6, 6.07) is 0. The minimum Gasteiger partial charge on any atom is -0.480 e. The van der Waals surface area contributed by atoms with Crippen molar-refractivity contribution in [1.29, 1.82) is 0 Å². The van der Waals surface area contributed by atoms with E-state index in [0.717, 1.165) is 11.8 Å². The van der Waals surface area contributed by atoms with Gasteiger partial charge in [0.15, 0.2) is 5.41 Å². The monoisotopic (exact) mass is 252 g/mol. The highest BCUT2D eigenvalue weighted by Gasteiger charge is 2.40. The molecule has 0 atom stereocenters. The lowest BCUT2D eigenvalue weighted by Gasteiger charge is -2.18. The van der Waals surface area contributed by atoms with Crippen LogP contribution in [0.15, 0.2) is 0 Å². The van der Waals surface area contributed by atoms with Crippen LogP contribution in [-0.2, 0) is 9.59 Å². The molecule has 0 saturated carbocycles. The van der Waals surface area contributed by atoms with Gasteiger partial charge in [-0.1, -0.05) is 22.4 Å². The van der Waals surface area contributed by atoms with Crippen LogP contribution in [-0.4, -0.2) is 27.5 Å². The fourth-order valence-corrected chi connectivity index (χ4v) is 1.27. The zero-order valence-corrected chi connectivity index (χ0v) is 9.00. The summed E-state index contributed by atoms with van der Waals surface area (Å²) in [4.78, 5) is 21.3. The van der Waals surface area contributed by atoms with Crippen molar-refractivity contribution in [2.24, 2.45) is 5.41 Å². The smallest absolute Gasteiger partial charge is 0.320 e. The summed E-state index contributed by atoms with van der Waals surface area (Å²) in [7, 11) is 0. The summed E-state index contributed by atoms with van der Waals surface area (Å²) in [6.45, 7) is 1.24. The molecule has 76 valence electrons. The normalized spacial score (nSPS) is 11.2. The Balaban J connectivity index is 4.26. The number of halogens is 1. The first-order valence-electron chi connectivity index (χ1n) is 3.98. The highest BCUT2D eigenvalue weighted by Crippen LogP contribution is 2.24. The molecule has 0 rings (SSSR count). The largest absolute Gasteiger partial charge is 0.480 e. The number of carboxylic acids is 2. The number of hydrogen-bond acceptors (Lipinski definition) is 2. The fourth-order valence-electron chi connectivity index (χ4n) is 0.878. The molecule has 0 aromatic carbocycles. The number of aliphatic carboxylic acids is 2. The molecule has 5 heteroatoms. The van der Waals surface area contributed by atoms with Gasteiger partial charge in [0.05, 0.1) is 0 Å². The first kappa shape index (κ1) is 12.4. The molecule has 4 nitrogen and oxygen atoms in total. The van der Waals surface area contributed by atoms with Crippen molar-refractivity contribution >= 4 is 27.9 Å². The van der Waals surface area contributed by atoms with Crippen molar-refractivity contribution < 1.29 is 19.8 Å². The van der Waals surface area contributed by atoms with Gasteiger partial charge in [0.1, 0.15) is 0 Å². The van der Waals surface area contributed by atoms with Gasteiger partial charge in [0.2, 0.25) is 0 Å². The average Bonchev–Trinajstić information content (AvgIpc) is 2.03. The Kier molecular flexibility index (Phi) is 4.98. The third kappa shape index (κ3) is 3.34. The molecule has 0 aliphatic rings. The Morgan fingerprint density at radius 2 is 1.69 bits per heavy atom. The van der Waals surface area contributed by atoms with Gasteiger partial charge >= 0.3 is 11.9 Å². The van der Waals surface area contributed by atoms with E-state index in [0.29, 0.717) is 6.42 Å². The van der Waals surface area contributed by atoms with Crippen molar-refractivity contribution in [3.05, 3.63) is 0 Å². The van der Waals surface area contributed by atoms with E-state index in [1.54, 1.807) is 0 Å². The molecule has 0 saturated heterocycles. The zero-order chi connectivity index (χ0) is 10.5. The molecule has 0 aliphatic heterocycles. The van der Waals surface area contributed by atoms with Crippen molar-refractivity contribution in [3.8, 4) is 0 Å². The molecule has 0 aromatic rings. The fraction of sp³-hybridized carbons (Fsp3) is 0.750. The second-order valence-corrected chi connectivity index (χ2v) is 3.88. The average molecular weight is 253 g/mol. The summed E-state index contributed by atoms with van der Waals surface area (Å²) in [5, 5.41) is 18.2. The molecule has 0 aromatic heterocycles. The minimum atomic E-state index is -1.64. The number of carboxylic acid groups (broad SMARTS) is 2. The Hall–Kier alpha value is -0.580. The van der Waals surface area contributed by atoms with Crippen molar-refractivity contribution in [3.63, 3.8) is 0 Å². The van der Waals surface area contributed by atoms with Gasteiger partial charge in [0, 0.05) is 5.33 Å². The summed E-state index contributed by atoms with van der Waals surface area (Å²) in [5.41, 5.74) is -1.64. The van der Waals surface area contributed by atoms with Crippen molar-refractivity contribution in [1.82, 2.24) is 0 Å². The Morgan fingerprint density at radius 1 is 1.23 bits per heavy atom. The summed E-state index contributed by atoms with van der Waals surface area (Å²) >= 11 is 3.20. The van der Waals surface area contributed by atoms with E-state index >= 15 is 0 Å². The van der Waals surface area contributed by atoms with Crippen LogP contribution < -0.4 is 0 Å². The van der Waals surface area contributed by atoms with Crippen LogP contribution in [0.2, 0.25) is 0 Å². The predicted octanol–water partition coefficient (Wildman–Crippen LogP) is 1.73. The van der Waals surface area contributed by atoms with E-state index in [1.807, 2.05) is 0 Å². The first-order valence-corrected chi connectivity index (χ1v) is 5.10. The van der Waals surface area contributed by atoms with Crippen LogP contribution in [0.5, 0.6) is 0 Å². The molecular weight excluding hydrogens is 240 g/mol. The van der Waals surface area contributed by atoms with Gasteiger partial charge < -0.3 is 10.2 Å². The lowest BCUT2D eigenvalue weighted by molar-refractivity contribution is -0.163. The molecule has 0 spiro atoms. The maximum atomic E-state index is 10.7. The standard InChI is InChI=1S/C8H13BrO4/c1-8(6(10)11,7(12)13)4-2-3-5-9/h2-5H2,1H3,(H,10,11)(H,12,13). The third-order valence-corrected chi connectivity index (χ3v) is 2.57. The van der Waals surface area contributed by atoms with Crippen molar-refractivity contribution in [2.75, 3.05) is 5.33 Å². The maximum Gasteiger partial charge on any atom is 0.320 e. The Bertz CT molecular complexity index is 188. The van der Waals surface area contributed by atoms with E-state index in [1.165, 1.54) is 6.92 Å². The van der Waals surface area contributed by atoms with E-state index in [4.69, 9.17) is 10.2 Å². The van der Waals surface area contributed by atoms with E-state index in [9.17, 15) is 9.59 Å². The van der Waals surface area contributed by atoms with Crippen LogP contribution in [0.3, 0.4) is 0 Å².